The van der Waals surface area contributed by atoms with Gasteiger partial charge in [-0.3, -0.25) is 9.59 Å². The Bertz CT molecular complexity index is 695. The highest BCUT2D eigenvalue weighted by Crippen LogP contribution is 2.40. The van der Waals surface area contributed by atoms with Crippen LogP contribution in [-0.2, 0) is 19.4 Å². The molecule has 120 valence electrons. The van der Waals surface area contributed by atoms with Crippen molar-refractivity contribution in [2.45, 2.75) is 42.2 Å². The largest absolute Gasteiger partial charge is 0.480 e. The van der Waals surface area contributed by atoms with Gasteiger partial charge in [0.05, 0.1) is 4.90 Å². The van der Waals surface area contributed by atoms with Crippen molar-refractivity contribution in [3.8, 4) is 0 Å². The third kappa shape index (κ3) is 2.65. The van der Waals surface area contributed by atoms with Crippen LogP contribution in [0.4, 0.5) is 4.39 Å². The molecule has 0 bridgehead atoms. The lowest BCUT2D eigenvalue weighted by molar-refractivity contribution is -0.141. The van der Waals surface area contributed by atoms with Gasteiger partial charge in [-0.15, -0.1) is 0 Å². The number of hydrogen-bond acceptors (Lipinski definition) is 4. The minimum atomic E-state index is -4.26. The summed E-state index contributed by atoms with van der Waals surface area (Å²) in [6.07, 6.45) is 1.12. The highest BCUT2D eigenvalue weighted by atomic mass is 32.2. The van der Waals surface area contributed by atoms with Crippen LogP contribution in [0.5, 0.6) is 0 Å². The average molecular weight is 328 g/mol. The minimum absolute atomic E-state index is 0.0662. The van der Waals surface area contributed by atoms with Crippen LogP contribution in [0.2, 0.25) is 0 Å². The van der Waals surface area contributed by atoms with E-state index in [4.69, 9.17) is 0 Å². The van der Waals surface area contributed by atoms with Gasteiger partial charge in [0.25, 0.3) is 0 Å². The van der Waals surface area contributed by atoms with E-state index in [9.17, 15) is 27.5 Å². The second kappa shape index (κ2) is 5.79. The maximum atomic E-state index is 13.0. The summed E-state index contributed by atoms with van der Waals surface area (Å²) in [5.74, 6) is -3.01. The fourth-order valence-corrected chi connectivity index (χ4v) is 4.72. The number of rotatable bonds is 4. The van der Waals surface area contributed by atoms with Crippen LogP contribution in [0.1, 0.15) is 32.6 Å². The van der Waals surface area contributed by atoms with Crippen molar-refractivity contribution in [3.05, 3.63) is 30.1 Å². The smallest absolute Gasteiger partial charge is 0.325 e. The van der Waals surface area contributed by atoms with Crippen LogP contribution < -0.4 is 0 Å². The van der Waals surface area contributed by atoms with Crippen molar-refractivity contribution >= 4 is 21.6 Å². The lowest BCUT2D eigenvalue weighted by atomic mass is 9.79. The molecule has 0 heterocycles. The zero-order chi connectivity index (χ0) is 16.5. The van der Waals surface area contributed by atoms with Crippen LogP contribution in [0.3, 0.4) is 0 Å². The molecule has 2 rings (SSSR count). The number of halogens is 1. The molecule has 7 heteroatoms. The lowest BCUT2D eigenvalue weighted by Crippen LogP contribution is -2.51. The van der Waals surface area contributed by atoms with Gasteiger partial charge in [0, 0.05) is 12.8 Å². The van der Waals surface area contributed by atoms with E-state index in [1.54, 1.807) is 0 Å². The second-order valence-corrected chi connectivity index (χ2v) is 8.03. The van der Waals surface area contributed by atoms with E-state index in [0.717, 1.165) is 31.2 Å². The summed E-state index contributed by atoms with van der Waals surface area (Å²) >= 11 is 0. The molecule has 1 fully saturated rings. The monoisotopic (exact) mass is 328 g/mol. The average Bonchev–Trinajstić information content (AvgIpc) is 2.46. The summed E-state index contributed by atoms with van der Waals surface area (Å²) in [7, 11) is -4.26. The number of hydrogen-bond donors (Lipinski definition) is 1. The van der Waals surface area contributed by atoms with Crippen molar-refractivity contribution < 1.29 is 27.5 Å². The van der Waals surface area contributed by atoms with Crippen molar-refractivity contribution in [1.82, 2.24) is 0 Å². The first kappa shape index (κ1) is 16.6. The van der Waals surface area contributed by atoms with Crippen molar-refractivity contribution in [2.75, 3.05) is 0 Å². The molecular weight excluding hydrogens is 311 g/mol. The molecule has 1 N–H and O–H groups in total. The topological polar surface area (TPSA) is 88.5 Å². The molecule has 5 nitrogen and oxygen atoms in total. The molecule has 1 aromatic carbocycles. The van der Waals surface area contributed by atoms with Gasteiger partial charge in [-0.1, -0.05) is 0 Å². The molecule has 2 unspecified atom stereocenters. The third-order valence-electron chi connectivity index (χ3n) is 4.37. The number of carbonyl (C=O) groups is 2. The number of sulfone groups is 1. The number of Topliss-reactive ketones (excluding diaryl/α,β-unsaturated/α-hetero) is 1. The summed E-state index contributed by atoms with van der Waals surface area (Å²) in [5.41, 5.74) is 0. The summed E-state index contributed by atoms with van der Waals surface area (Å²) in [6, 6.07) is 4.05. The molecule has 0 spiro atoms. The molecule has 22 heavy (non-hydrogen) atoms. The van der Waals surface area contributed by atoms with Gasteiger partial charge in [0.2, 0.25) is 0 Å². The molecule has 0 saturated heterocycles. The lowest BCUT2D eigenvalue weighted by Gasteiger charge is -2.35. The maximum absolute atomic E-state index is 13.0. The Morgan fingerprint density at radius 1 is 1.32 bits per heavy atom. The Morgan fingerprint density at radius 2 is 1.91 bits per heavy atom. The normalized spacial score (nSPS) is 22.1. The third-order valence-corrected chi connectivity index (χ3v) is 6.89. The van der Waals surface area contributed by atoms with Gasteiger partial charge in [0.1, 0.15) is 11.6 Å². The summed E-state index contributed by atoms with van der Waals surface area (Å²) in [4.78, 5) is 23.1. The minimum Gasteiger partial charge on any atom is -0.480 e. The number of aliphatic carboxylic acids is 1. The summed E-state index contributed by atoms with van der Waals surface area (Å²) in [6.45, 7) is 1.14. The standard InChI is InChI=1S/C15H17FO5S/c1-15(14(18)19,10-3-2-4-12(17)9-10)22(20,21)13-7-5-11(16)6-8-13/h5-8,10H,2-4,9H2,1H3,(H,18,19). The molecule has 1 aromatic rings. The van der Waals surface area contributed by atoms with E-state index in [1.807, 2.05) is 0 Å². The molecule has 2 atom stereocenters. The molecular formula is C15H17FO5S. The van der Waals surface area contributed by atoms with Crippen LogP contribution in [0.25, 0.3) is 0 Å². The van der Waals surface area contributed by atoms with E-state index in [-0.39, 0.29) is 17.1 Å². The van der Waals surface area contributed by atoms with Gasteiger partial charge in [-0.2, -0.15) is 0 Å². The van der Waals surface area contributed by atoms with Crippen LogP contribution >= 0.6 is 0 Å². The predicted molar refractivity (Wildman–Crippen MR) is 76.6 cm³/mol. The van der Waals surface area contributed by atoms with Crippen molar-refractivity contribution in [1.29, 1.82) is 0 Å². The maximum Gasteiger partial charge on any atom is 0.325 e. The predicted octanol–water partition coefficient (Wildman–Crippen LogP) is 2.20. The Kier molecular flexibility index (Phi) is 4.37. The van der Waals surface area contributed by atoms with E-state index >= 15 is 0 Å². The van der Waals surface area contributed by atoms with Crippen molar-refractivity contribution in [2.24, 2.45) is 5.92 Å². The SMILES string of the molecule is CC(C(=O)O)(C1CCCC(=O)C1)S(=O)(=O)c1ccc(F)cc1. The van der Waals surface area contributed by atoms with Gasteiger partial charge in [-0.25, -0.2) is 12.8 Å². The van der Waals surface area contributed by atoms with E-state index in [0.29, 0.717) is 19.3 Å². The quantitative estimate of drug-likeness (QED) is 0.856. The Balaban J connectivity index is 2.52. The van der Waals surface area contributed by atoms with Crippen LogP contribution in [0, 0.1) is 11.7 Å². The van der Waals surface area contributed by atoms with Crippen molar-refractivity contribution in [3.63, 3.8) is 0 Å². The number of benzene rings is 1. The van der Waals surface area contributed by atoms with Gasteiger partial charge >= 0.3 is 5.97 Å². The van der Waals surface area contributed by atoms with E-state index < -0.39 is 32.3 Å². The number of carboxylic acid groups (broad SMARTS) is 1. The Morgan fingerprint density at radius 3 is 2.41 bits per heavy atom. The summed E-state index contributed by atoms with van der Waals surface area (Å²) in [5, 5.41) is 9.56. The molecule has 0 radical (unpaired) electrons. The first-order valence-corrected chi connectivity index (χ1v) is 8.43. The zero-order valence-corrected chi connectivity index (χ0v) is 12.9. The van der Waals surface area contributed by atoms with Crippen LogP contribution in [-0.4, -0.2) is 30.0 Å². The zero-order valence-electron chi connectivity index (χ0n) is 12.1. The fourth-order valence-electron chi connectivity index (χ4n) is 2.86. The summed E-state index contributed by atoms with van der Waals surface area (Å²) < 4.78 is 36.5. The molecule has 0 aliphatic heterocycles. The highest BCUT2D eigenvalue weighted by Gasteiger charge is 2.54. The second-order valence-electron chi connectivity index (χ2n) is 5.70. The first-order valence-electron chi connectivity index (χ1n) is 6.95. The Hall–Kier alpha value is -1.76. The molecule has 0 aromatic heterocycles. The molecule has 0 amide bonds. The van der Waals surface area contributed by atoms with Gasteiger partial charge < -0.3 is 5.11 Å². The molecule has 1 aliphatic carbocycles. The van der Waals surface area contributed by atoms with E-state index in [2.05, 4.69) is 0 Å². The molecule has 1 saturated carbocycles. The highest BCUT2D eigenvalue weighted by molar-refractivity contribution is 7.93. The van der Waals surface area contributed by atoms with Gasteiger partial charge in [-0.05, 0) is 49.9 Å². The fraction of sp³-hybridized carbons (Fsp3) is 0.467. The Labute approximate surface area is 128 Å². The van der Waals surface area contributed by atoms with E-state index in [1.165, 1.54) is 0 Å². The number of carboxylic acids is 1. The number of ketones is 1. The number of carbonyl (C=O) groups excluding carboxylic acids is 1. The van der Waals surface area contributed by atoms with Gasteiger partial charge in [0.15, 0.2) is 14.6 Å². The van der Waals surface area contributed by atoms with Crippen LogP contribution in [0.15, 0.2) is 29.2 Å². The first-order chi connectivity index (χ1) is 10.2. The molecule has 1 aliphatic rings.